The van der Waals surface area contributed by atoms with E-state index >= 15 is 0 Å². The van der Waals surface area contributed by atoms with E-state index in [9.17, 15) is 0 Å². The van der Waals surface area contributed by atoms with Gasteiger partial charge in [-0.1, -0.05) is 0 Å². The third-order valence-electron chi connectivity index (χ3n) is 1.60. The average Bonchev–Trinajstić information content (AvgIpc) is 2.36. The number of ether oxygens (including phenoxy) is 1. The Kier molecular flexibility index (Phi) is 1.99. The highest BCUT2D eigenvalue weighted by molar-refractivity contribution is 9.13. The average molecular weight is 279 g/mol. The molecule has 0 fully saturated rings. The standard InChI is InChI=1S/C7H5Br2NO/c8-5-1-4-2-11-3-6(4)10-7(5)9/h1H,2-3H2. The van der Waals surface area contributed by atoms with Crippen molar-refractivity contribution in [2.24, 2.45) is 0 Å². The Labute approximate surface area is 81.2 Å². The van der Waals surface area contributed by atoms with Gasteiger partial charge in [-0.2, -0.15) is 0 Å². The maximum atomic E-state index is 5.22. The normalized spacial score (nSPS) is 15.1. The van der Waals surface area contributed by atoms with Crippen molar-refractivity contribution in [3.05, 3.63) is 26.4 Å². The van der Waals surface area contributed by atoms with Crippen LogP contribution in [0.2, 0.25) is 0 Å². The Hall–Kier alpha value is 0.0700. The van der Waals surface area contributed by atoms with Crippen molar-refractivity contribution in [2.75, 3.05) is 0 Å². The summed E-state index contributed by atoms with van der Waals surface area (Å²) in [6, 6.07) is 2.04. The van der Waals surface area contributed by atoms with Gasteiger partial charge in [0, 0.05) is 5.56 Å². The van der Waals surface area contributed by atoms with Crippen molar-refractivity contribution in [1.82, 2.24) is 4.98 Å². The second-order valence-electron chi connectivity index (χ2n) is 2.36. The zero-order valence-electron chi connectivity index (χ0n) is 5.60. The van der Waals surface area contributed by atoms with E-state index in [1.165, 1.54) is 5.56 Å². The molecule has 1 aliphatic heterocycles. The third-order valence-corrected chi connectivity index (χ3v) is 3.34. The molecule has 0 bridgehead atoms. The Morgan fingerprint density at radius 1 is 1.36 bits per heavy atom. The summed E-state index contributed by atoms with van der Waals surface area (Å²) in [5.41, 5.74) is 2.22. The number of hydrogen-bond donors (Lipinski definition) is 0. The second kappa shape index (κ2) is 2.84. The molecule has 1 aromatic heterocycles. The van der Waals surface area contributed by atoms with Crippen LogP contribution < -0.4 is 0 Å². The third kappa shape index (κ3) is 1.35. The summed E-state index contributed by atoms with van der Waals surface area (Å²) >= 11 is 6.72. The van der Waals surface area contributed by atoms with Crippen LogP contribution in [0.25, 0.3) is 0 Å². The molecule has 0 amide bonds. The van der Waals surface area contributed by atoms with E-state index in [0.717, 1.165) is 14.8 Å². The van der Waals surface area contributed by atoms with Crippen LogP contribution in [-0.4, -0.2) is 4.98 Å². The van der Waals surface area contributed by atoms with Crippen molar-refractivity contribution < 1.29 is 4.74 Å². The summed E-state index contributed by atoms with van der Waals surface area (Å²) < 4.78 is 7.06. The van der Waals surface area contributed by atoms with Gasteiger partial charge in [0.05, 0.1) is 23.4 Å². The fraction of sp³-hybridized carbons (Fsp3) is 0.286. The van der Waals surface area contributed by atoms with Crippen LogP contribution >= 0.6 is 31.9 Å². The Morgan fingerprint density at radius 2 is 2.18 bits per heavy atom. The van der Waals surface area contributed by atoms with Crippen molar-refractivity contribution in [1.29, 1.82) is 0 Å². The molecule has 0 aliphatic carbocycles. The van der Waals surface area contributed by atoms with Crippen molar-refractivity contribution in [3.8, 4) is 0 Å². The number of fused-ring (bicyclic) bond motifs is 1. The quantitative estimate of drug-likeness (QED) is 0.681. The van der Waals surface area contributed by atoms with Crippen molar-refractivity contribution in [2.45, 2.75) is 13.2 Å². The van der Waals surface area contributed by atoms with Crippen LogP contribution in [0.1, 0.15) is 11.3 Å². The van der Waals surface area contributed by atoms with Crippen LogP contribution in [0.5, 0.6) is 0 Å². The smallest absolute Gasteiger partial charge is 0.120 e. The molecule has 0 atom stereocenters. The van der Waals surface area contributed by atoms with Gasteiger partial charge in [0.15, 0.2) is 0 Å². The van der Waals surface area contributed by atoms with Gasteiger partial charge < -0.3 is 4.74 Å². The highest BCUT2D eigenvalue weighted by Gasteiger charge is 2.14. The van der Waals surface area contributed by atoms with Gasteiger partial charge in [0.25, 0.3) is 0 Å². The van der Waals surface area contributed by atoms with Gasteiger partial charge >= 0.3 is 0 Å². The molecule has 58 valence electrons. The fourth-order valence-electron chi connectivity index (χ4n) is 1.05. The van der Waals surface area contributed by atoms with Crippen LogP contribution in [0.15, 0.2) is 15.1 Å². The lowest BCUT2D eigenvalue weighted by atomic mass is 10.2. The molecule has 0 N–H and O–H groups in total. The van der Waals surface area contributed by atoms with E-state index in [2.05, 4.69) is 36.8 Å². The molecule has 2 nitrogen and oxygen atoms in total. The number of rotatable bonds is 0. The first-order valence-corrected chi connectivity index (χ1v) is 4.77. The monoisotopic (exact) mass is 277 g/mol. The van der Waals surface area contributed by atoms with Crippen LogP contribution in [0.3, 0.4) is 0 Å². The SMILES string of the molecule is Brc1cc2c(nc1Br)COC2. The summed E-state index contributed by atoms with van der Waals surface area (Å²) in [6.45, 7) is 1.33. The van der Waals surface area contributed by atoms with E-state index in [-0.39, 0.29) is 0 Å². The largest absolute Gasteiger partial charge is 0.370 e. The van der Waals surface area contributed by atoms with Gasteiger partial charge in [-0.15, -0.1) is 0 Å². The maximum absolute atomic E-state index is 5.22. The number of nitrogens with zero attached hydrogens (tertiary/aromatic N) is 1. The molecule has 0 spiro atoms. The lowest BCUT2D eigenvalue weighted by Gasteiger charge is -1.98. The van der Waals surface area contributed by atoms with Crippen LogP contribution in [0, 0.1) is 0 Å². The minimum Gasteiger partial charge on any atom is -0.370 e. The van der Waals surface area contributed by atoms with E-state index in [0.29, 0.717) is 13.2 Å². The molecule has 2 heterocycles. The minimum atomic E-state index is 0.640. The molecule has 11 heavy (non-hydrogen) atoms. The van der Waals surface area contributed by atoms with Gasteiger partial charge in [-0.25, -0.2) is 4.98 Å². The molecular formula is C7H5Br2NO. The summed E-state index contributed by atoms with van der Waals surface area (Å²) in [4.78, 5) is 4.30. The minimum absolute atomic E-state index is 0.640. The number of halogens is 2. The van der Waals surface area contributed by atoms with Crippen molar-refractivity contribution >= 4 is 31.9 Å². The summed E-state index contributed by atoms with van der Waals surface area (Å²) in [5, 5.41) is 0. The maximum Gasteiger partial charge on any atom is 0.120 e. The highest BCUT2D eigenvalue weighted by atomic mass is 79.9. The second-order valence-corrected chi connectivity index (χ2v) is 3.97. The van der Waals surface area contributed by atoms with E-state index in [1.54, 1.807) is 0 Å². The van der Waals surface area contributed by atoms with Crippen LogP contribution in [-0.2, 0) is 18.0 Å². The molecule has 4 heteroatoms. The number of aromatic nitrogens is 1. The molecule has 0 radical (unpaired) electrons. The molecule has 0 saturated heterocycles. The van der Waals surface area contributed by atoms with Crippen LogP contribution in [0.4, 0.5) is 0 Å². The zero-order chi connectivity index (χ0) is 7.84. The van der Waals surface area contributed by atoms with Gasteiger partial charge in [-0.05, 0) is 37.9 Å². The van der Waals surface area contributed by atoms with E-state index in [1.807, 2.05) is 6.07 Å². The first kappa shape index (κ1) is 7.71. The first-order chi connectivity index (χ1) is 5.27. The van der Waals surface area contributed by atoms with E-state index in [4.69, 9.17) is 4.74 Å². The molecule has 2 rings (SSSR count). The lowest BCUT2D eigenvalue weighted by Crippen LogP contribution is -1.88. The summed E-state index contributed by atoms with van der Waals surface area (Å²) in [7, 11) is 0. The lowest BCUT2D eigenvalue weighted by molar-refractivity contribution is 0.133. The van der Waals surface area contributed by atoms with Gasteiger partial charge in [0.2, 0.25) is 0 Å². The predicted molar refractivity (Wildman–Crippen MR) is 48.1 cm³/mol. The Bertz CT molecular complexity index is 272. The topological polar surface area (TPSA) is 22.1 Å². The molecular weight excluding hydrogens is 274 g/mol. The number of hydrogen-bond acceptors (Lipinski definition) is 2. The summed E-state index contributed by atoms with van der Waals surface area (Å²) in [5.74, 6) is 0. The molecule has 0 aromatic carbocycles. The highest BCUT2D eigenvalue weighted by Crippen LogP contribution is 2.27. The predicted octanol–water partition coefficient (Wildman–Crippen LogP) is 2.64. The van der Waals surface area contributed by atoms with Crippen molar-refractivity contribution in [3.63, 3.8) is 0 Å². The first-order valence-electron chi connectivity index (χ1n) is 3.19. The molecule has 0 saturated carbocycles. The van der Waals surface area contributed by atoms with Gasteiger partial charge in [-0.3, -0.25) is 0 Å². The Balaban J connectivity index is 2.57. The molecule has 0 unspecified atom stereocenters. The van der Waals surface area contributed by atoms with E-state index < -0.39 is 0 Å². The van der Waals surface area contributed by atoms with Gasteiger partial charge in [0.1, 0.15) is 4.60 Å². The fourth-order valence-corrected chi connectivity index (χ4v) is 1.74. The Morgan fingerprint density at radius 3 is 3.00 bits per heavy atom. The summed E-state index contributed by atoms with van der Waals surface area (Å²) in [6.07, 6.45) is 0. The number of pyridine rings is 1. The zero-order valence-corrected chi connectivity index (χ0v) is 8.77. The molecule has 1 aliphatic rings. The molecule has 1 aromatic rings.